The molecule has 0 saturated heterocycles. The molecule has 0 aliphatic rings. The zero-order valence-corrected chi connectivity index (χ0v) is 16.6. The van der Waals surface area contributed by atoms with Crippen molar-refractivity contribution in [1.29, 1.82) is 0 Å². The number of rotatable bonds is 4. The first-order valence-electron chi connectivity index (χ1n) is 6.99. The van der Waals surface area contributed by atoms with E-state index < -0.39 is 0 Å². The van der Waals surface area contributed by atoms with Crippen molar-refractivity contribution in [3.8, 4) is 0 Å². The van der Waals surface area contributed by atoms with E-state index in [1.807, 2.05) is 12.4 Å². The topological polar surface area (TPSA) is 49.3 Å². The quantitative estimate of drug-likeness (QED) is 0.443. The molecule has 0 fully saturated rings. The van der Waals surface area contributed by atoms with E-state index in [-0.39, 0.29) is 24.0 Å². The van der Waals surface area contributed by atoms with E-state index in [1.165, 1.54) is 21.6 Å². The van der Waals surface area contributed by atoms with Crippen molar-refractivity contribution in [1.82, 2.24) is 15.6 Å². The van der Waals surface area contributed by atoms with Crippen LogP contribution >= 0.6 is 35.3 Å². The van der Waals surface area contributed by atoms with E-state index in [9.17, 15) is 0 Å². The minimum atomic E-state index is 0. The molecule has 0 atom stereocenters. The summed E-state index contributed by atoms with van der Waals surface area (Å²) in [5.74, 6) is 0.808. The molecule has 0 radical (unpaired) electrons. The Bertz CT molecular complexity index is 637. The molecule has 1 aromatic heterocycles. The number of benzene rings is 1. The Hall–Kier alpha value is -1.15. The largest absolute Gasteiger partial charge is 0.352 e. The minimum Gasteiger partial charge on any atom is -0.352 e. The zero-order chi connectivity index (χ0) is 15.2. The number of halogens is 1. The molecule has 0 saturated carbocycles. The number of aromatic nitrogens is 1. The van der Waals surface area contributed by atoms with Crippen molar-refractivity contribution < 1.29 is 0 Å². The van der Waals surface area contributed by atoms with Gasteiger partial charge in [-0.3, -0.25) is 4.99 Å². The molecule has 1 heterocycles. The fourth-order valence-corrected chi connectivity index (χ4v) is 2.82. The fourth-order valence-electron chi connectivity index (χ4n) is 2.10. The van der Waals surface area contributed by atoms with Crippen LogP contribution in [0.2, 0.25) is 0 Å². The summed E-state index contributed by atoms with van der Waals surface area (Å²) in [6.45, 7) is 7.80. The Morgan fingerprint density at radius 1 is 1.18 bits per heavy atom. The Balaban J connectivity index is 0.00000242. The van der Waals surface area contributed by atoms with E-state index in [2.05, 4.69) is 52.7 Å². The van der Waals surface area contributed by atoms with Gasteiger partial charge in [0.1, 0.15) is 0 Å². The molecule has 0 aliphatic heterocycles. The summed E-state index contributed by atoms with van der Waals surface area (Å²) in [6, 6.07) is 6.51. The molecular weight excluding hydrogens is 407 g/mol. The molecule has 120 valence electrons. The molecule has 0 unspecified atom stereocenters. The summed E-state index contributed by atoms with van der Waals surface area (Å²) >= 11 is 1.66. The zero-order valence-electron chi connectivity index (χ0n) is 13.4. The summed E-state index contributed by atoms with van der Waals surface area (Å²) in [4.78, 5) is 9.75. The molecule has 0 bridgehead atoms. The third-order valence-corrected chi connectivity index (χ3v) is 4.36. The molecule has 6 heteroatoms. The number of nitrogens with zero attached hydrogens (tertiary/aromatic N) is 2. The molecule has 1 aromatic carbocycles. The van der Waals surface area contributed by atoms with Crippen LogP contribution in [0.15, 0.2) is 28.7 Å². The van der Waals surface area contributed by atoms with Crippen LogP contribution in [0.25, 0.3) is 0 Å². The molecule has 0 aliphatic carbocycles. The smallest absolute Gasteiger partial charge is 0.191 e. The third kappa shape index (κ3) is 5.24. The molecular formula is C16H23IN4S. The van der Waals surface area contributed by atoms with Crippen molar-refractivity contribution in [2.24, 2.45) is 4.99 Å². The molecule has 4 nitrogen and oxygen atoms in total. The van der Waals surface area contributed by atoms with Crippen LogP contribution in [-0.2, 0) is 13.1 Å². The molecule has 2 rings (SSSR count). The van der Waals surface area contributed by atoms with Gasteiger partial charge in [-0.2, -0.15) is 0 Å². The van der Waals surface area contributed by atoms with Crippen molar-refractivity contribution in [3.63, 3.8) is 0 Å². The predicted molar refractivity (Wildman–Crippen MR) is 105 cm³/mol. The van der Waals surface area contributed by atoms with Gasteiger partial charge in [0, 0.05) is 18.5 Å². The van der Waals surface area contributed by atoms with Crippen molar-refractivity contribution in [2.45, 2.75) is 33.9 Å². The van der Waals surface area contributed by atoms with Crippen LogP contribution < -0.4 is 10.6 Å². The number of thiazole rings is 1. The lowest BCUT2D eigenvalue weighted by Gasteiger charge is -2.13. The lowest BCUT2D eigenvalue weighted by atomic mass is 10.1. The van der Waals surface area contributed by atoms with Gasteiger partial charge in [0.15, 0.2) is 5.96 Å². The van der Waals surface area contributed by atoms with Gasteiger partial charge >= 0.3 is 0 Å². The van der Waals surface area contributed by atoms with Crippen molar-refractivity contribution >= 4 is 41.3 Å². The number of aliphatic imine (C=N–C) groups is 1. The maximum Gasteiger partial charge on any atom is 0.191 e. The van der Waals surface area contributed by atoms with Gasteiger partial charge in [0.05, 0.1) is 17.7 Å². The average Bonchev–Trinajstić information content (AvgIpc) is 2.86. The highest BCUT2D eigenvalue weighted by molar-refractivity contribution is 14.0. The van der Waals surface area contributed by atoms with Crippen LogP contribution in [0.3, 0.4) is 0 Å². The SMILES string of the molecule is CN=C(NCc1ccc(C)cc1C)NCc1scnc1C.I. The normalized spacial score (nSPS) is 11.0. The Labute approximate surface area is 153 Å². The summed E-state index contributed by atoms with van der Waals surface area (Å²) in [5, 5.41) is 6.67. The summed E-state index contributed by atoms with van der Waals surface area (Å²) in [6.07, 6.45) is 0. The number of nitrogens with one attached hydrogen (secondary N) is 2. The molecule has 0 amide bonds. The first kappa shape index (κ1) is 18.9. The van der Waals surface area contributed by atoms with Gasteiger partial charge < -0.3 is 10.6 Å². The second kappa shape index (κ2) is 9.09. The monoisotopic (exact) mass is 430 g/mol. The fraction of sp³-hybridized carbons (Fsp3) is 0.375. The summed E-state index contributed by atoms with van der Waals surface area (Å²) < 4.78 is 0. The highest BCUT2D eigenvalue weighted by Gasteiger charge is 2.04. The van der Waals surface area contributed by atoms with Gasteiger partial charge in [-0.15, -0.1) is 35.3 Å². The summed E-state index contributed by atoms with van der Waals surface area (Å²) in [7, 11) is 1.79. The van der Waals surface area contributed by atoms with Crippen LogP contribution in [0.5, 0.6) is 0 Å². The third-order valence-electron chi connectivity index (χ3n) is 3.43. The van der Waals surface area contributed by atoms with Gasteiger partial charge in [-0.25, -0.2) is 4.98 Å². The van der Waals surface area contributed by atoms with E-state index in [0.717, 1.165) is 24.7 Å². The molecule has 2 aromatic rings. The van der Waals surface area contributed by atoms with E-state index in [1.54, 1.807) is 18.4 Å². The number of guanidine groups is 1. The first-order valence-corrected chi connectivity index (χ1v) is 7.87. The first-order chi connectivity index (χ1) is 10.1. The Morgan fingerprint density at radius 3 is 2.50 bits per heavy atom. The van der Waals surface area contributed by atoms with Crippen LogP contribution in [0, 0.1) is 20.8 Å². The Kier molecular flexibility index (Phi) is 7.81. The number of hydrogen-bond acceptors (Lipinski definition) is 3. The lowest BCUT2D eigenvalue weighted by Crippen LogP contribution is -2.36. The number of hydrogen-bond donors (Lipinski definition) is 2. The Morgan fingerprint density at radius 2 is 1.91 bits per heavy atom. The highest BCUT2D eigenvalue weighted by Crippen LogP contribution is 2.11. The second-order valence-electron chi connectivity index (χ2n) is 5.07. The predicted octanol–water partition coefficient (Wildman–Crippen LogP) is 3.55. The van der Waals surface area contributed by atoms with Gasteiger partial charge in [-0.05, 0) is 31.9 Å². The second-order valence-corrected chi connectivity index (χ2v) is 6.01. The average molecular weight is 430 g/mol. The maximum absolute atomic E-state index is 4.26. The van der Waals surface area contributed by atoms with Gasteiger partial charge in [-0.1, -0.05) is 23.8 Å². The molecule has 0 spiro atoms. The number of aryl methyl sites for hydroxylation is 3. The molecule has 2 N–H and O–H groups in total. The van der Waals surface area contributed by atoms with Crippen molar-refractivity contribution in [3.05, 3.63) is 51.0 Å². The van der Waals surface area contributed by atoms with E-state index in [4.69, 9.17) is 0 Å². The van der Waals surface area contributed by atoms with Gasteiger partial charge in [0.2, 0.25) is 0 Å². The van der Waals surface area contributed by atoms with Crippen LogP contribution in [0.4, 0.5) is 0 Å². The summed E-state index contributed by atoms with van der Waals surface area (Å²) in [5.41, 5.74) is 6.84. The van der Waals surface area contributed by atoms with Gasteiger partial charge in [0.25, 0.3) is 0 Å². The van der Waals surface area contributed by atoms with Crippen molar-refractivity contribution in [2.75, 3.05) is 7.05 Å². The minimum absolute atomic E-state index is 0. The lowest BCUT2D eigenvalue weighted by molar-refractivity contribution is 0.808. The highest BCUT2D eigenvalue weighted by atomic mass is 127. The van der Waals surface area contributed by atoms with E-state index in [0.29, 0.717) is 0 Å². The maximum atomic E-state index is 4.26. The van der Waals surface area contributed by atoms with Crippen LogP contribution in [-0.4, -0.2) is 18.0 Å². The van der Waals surface area contributed by atoms with Crippen LogP contribution in [0.1, 0.15) is 27.3 Å². The van der Waals surface area contributed by atoms with E-state index >= 15 is 0 Å². The molecule has 22 heavy (non-hydrogen) atoms. The standard InChI is InChI=1S/C16H22N4S.HI/c1-11-5-6-14(12(2)7-11)8-18-16(17-4)19-9-15-13(3)20-10-21-15;/h5-7,10H,8-9H2,1-4H3,(H2,17,18,19);1H.